The van der Waals surface area contributed by atoms with Crippen LogP contribution in [-0.2, 0) is 112 Å². The molecule has 0 aromatic heterocycles. The van der Waals surface area contributed by atoms with E-state index in [4.69, 9.17) is 21.3 Å². The van der Waals surface area contributed by atoms with E-state index in [9.17, 15) is 33.6 Å². The Bertz CT molecular complexity index is 2010. The van der Waals surface area contributed by atoms with Crippen molar-refractivity contribution in [2.45, 2.75) is 99.6 Å². The molecule has 18 heteroatoms. The van der Waals surface area contributed by atoms with Crippen LogP contribution in [0, 0.1) is 26.0 Å². The average molecular weight is 1130 g/mol. The second kappa shape index (κ2) is 45.0. The summed E-state index contributed by atoms with van der Waals surface area (Å²) in [5, 5.41) is 20.7. The number of aliphatic carboxylic acids is 1. The van der Waals surface area contributed by atoms with Gasteiger partial charge in [-0.2, -0.15) is 84.6 Å². The number of carboxylic acids is 1. The van der Waals surface area contributed by atoms with Crippen LogP contribution in [0.4, 0.5) is 4.79 Å². The fourth-order valence-corrected chi connectivity index (χ4v) is 5.88. The normalized spacial score (nSPS) is 10.5. The van der Waals surface area contributed by atoms with Gasteiger partial charge in [0.15, 0.2) is 0 Å². The quantitative estimate of drug-likeness (QED) is 0.0563. The summed E-state index contributed by atoms with van der Waals surface area (Å²) in [4.78, 5) is 76.8. The molecule has 2 atom stereocenters. The smallest absolute Gasteiger partial charge is 0.407 e. The molecule has 4 aromatic carbocycles. The molecule has 16 nitrogen and oxygen atoms in total. The number of carbonyl (C=O) groups excluding carboxylic acids is 6. The number of carboxylic acid groups (broad SMARTS) is 1. The number of hydrogen-bond donors (Lipinski definition) is 8. The first-order valence-corrected chi connectivity index (χ1v) is 21.5. The van der Waals surface area contributed by atoms with Gasteiger partial charge in [-0.05, 0) is 35.1 Å². The topological polar surface area (TPSA) is 261 Å². The molecule has 388 valence electrons. The van der Waals surface area contributed by atoms with E-state index in [1.807, 2.05) is 72.8 Å². The molecule has 0 bridgehead atoms. The number of ether oxygens (including phenoxy) is 1. The molecule has 4 aromatic rings. The Balaban J connectivity index is -0.000000273. The number of nitrogens with one attached hydrogen (secondary N) is 5. The van der Waals surface area contributed by atoms with Crippen molar-refractivity contribution in [3.63, 3.8) is 0 Å². The molecule has 2 radical (unpaired) electrons. The summed E-state index contributed by atoms with van der Waals surface area (Å²) in [5.41, 5.74) is 16.8. The third kappa shape index (κ3) is 32.0. The van der Waals surface area contributed by atoms with Crippen molar-refractivity contribution < 1.29 is 109 Å². The van der Waals surface area contributed by atoms with Crippen LogP contribution in [0.25, 0.3) is 11.1 Å². The molecule has 10 N–H and O–H groups in total. The number of fused-ring (bicyclic) bond motifs is 3. The largest absolute Gasteiger partial charge is 0.480 e. The minimum Gasteiger partial charge on any atom is -0.480 e. The van der Waals surface area contributed by atoms with Crippen molar-refractivity contribution in [3.8, 4) is 11.1 Å². The number of carbonyl (C=O) groups is 7. The predicted molar refractivity (Wildman–Crippen MR) is 274 cm³/mol. The van der Waals surface area contributed by atoms with Gasteiger partial charge in [-0.15, -0.1) is 0 Å². The third-order valence-electron chi connectivity index (χ3n) is 9.24. The molecule has 0 aliphatic heterocycles. The van der Waals surface area contributed by atoms with Crippen LogP contribution in [0.1, 0.15) is 96.9 Å². The summed E-state index contributed by atoms with van der Waals surface area (Å²) in [6.45, 7) is 12.0. The minimum atomic E-state index is -1.06. The van der Waals surface area contributed by atoms with Crippen LogP contribution >= 0.6 is 0 Å². The van der Waals surface area contributed by atoms with Crippen molar-refractivity contribution in [1.29, 1.82) is 0 Å². The maximum absolute atomic E-state index is 11.9. The molecule has 1 aliphatic carbocycles. The minimum absolute atomic E-state index is 0. The standard InChI is InChI=1S/C19H19NO4.C10H18N4O4.2C9H10.C3H8N2O.3CH4.2Y/c1-2-17(18(21)22)20-19(23)24-11-16-14-9-5-3-7-12(14)13-8-4-6-10-15(13)16;1-3-7(10(18)13-4-8(11)16)14-9(17)5-12-6(2)15;2*1-2-6-9-7-4-3-5-8-9;1-5-3(6)2-4;;;;;/h3-10,16-17H,2,11H2,1H3,(H,20,23)(H,21,22);7H,3-5H2,1-2H3,(H2,11,16)(H,12,15)(H,13,18)(H,14,17);2*3-5,7H,1-2,6H2;2,4H2,1H3,(H,5,6);3*1H4;;/q;;2*-2;;;;;;. The summed E-state index contributed by atoms with van der Waals surface area (Å²) < 4.78 is 5.31. The van der Waals surface area contributed by atoms with Gasteiger partial charge in [0.05, 0.1) is 19.6 Å². The molecular weight excluding hydrogens is 1060 g/mol. The van der Waals surface area contributed by atoms with Crippen molar-refractivity contribution in [3.05, 3.63) is 145 Å². The zero-order valence-corrected chi connectivity index (χ0v) is 45.2. The fourth-order valence-electron chi connectivity index (χ4n) is 5.88. The molecule has 5 rings (SSSR count). The second-order valence-corrected chi connectivity index (χ2v) is 14.3. The Morgan fingerprint density at radius 1 is 0.690 bits per heavy atom. The van der Waals surface area contributed by atoms with E-state index in [1.165, 1.54) is 18.1 Å². The van der Waals surface area contributed by atoms with Gasteiger partial charge in [0.1, 0.15) is 18.7 Å². The average Bonchev–Trinajstić information content (AvgIpc) is 3.65. The monoisotopic (exact) mass is 1130 g/mol. The van der Waals surface area contributed by atoms with E-state index >= 15 is 0 Å². The van der Waals surface area contributed by atoms with E-state index in [0.29, 0.717) is 12.8 Å². The zero-order valence-electron chi connectivity index (χ0n) is 39.5. The Morgan fingerprint density at radius 3 is 1.51 bits per heavy atom. The van der Waals surface area contributed by atoms with Crippen LogP contribution in [0.15, 0.2) is 97.1 Å². The molecular formula is C53H77N7O9Y2-4. The van der Waals surface area contributed by atoms with Crippen LogP contribution in [0.5, 0.6) is 0 Å². The summed E-state index contributed by atoms with van der Waals surface area (Å²) in [7, 11) is 1.55. The molecule has 1 aliphatic rings. The molecule has 71 heavy (non-hydrogen) atoms. The van der Waals surface area contributed by atoms with Gasteiger partial charge in [-0.3, -0.25) is 24.0 Å². The predicted octanol–water partition coefficient (Wildman–Crippen LogP) is 6.11. The van der Waals surface area contributed by atoms with Crippen molar-refractivity contribution >= 4 is 41.6 Å². The Hall–Kier alpha value is -4.86. The van der Waals surface area contributed by atoms with Gasteiger partial charge in [-0.1, -0.05) is 97.5 Å². The Labute approximate surface area is 473 Å². The summed E-state index contributed by atoms with van der Waals surface area (Å²) in [6.07, 6.45) is 3.96. The Kier molecular flexibility index (Phi) is 47.6. The third-order valence-corrected chi connectivity index (χ3v) is 9.24. The van der Waals surface area contributed by atoms with E-state index in [1.54, 1.807) is 20.9 Å². The zero-order chi connectivity index (χ0) is 49.3. The van der Waals surface area contributed by atoms with Gasteiger partial charge in [0.25, 0.3) is 0 Å². The van der Waals surface area contributed by atoms with Crippen LogP contribution in [-0.4, -0.2) is 92.1 Å². The first-order chi connectivity index (χ1) is 31.6. The van der Waals surface area contributed by atoms with Gasteiger partial charge in [0, 0.05) is 85.3 Å². The molecule has 0 spiro atoms. The Morgan fingerprint density at radius 2 is 1.15 bits per heavy atom. The molecule has 0 saturated carbocycles. The number of primary amides is 1. The van der Waals surface area contributed by atoms with Gasteiger partial charge < -0.3 is 61.7 Å². The number of benzene rings is 4. The number of aryl methyl sites for hydroxylation is 2. The SMILES string of the molecule is C.C.C.CCC(NC(=O)CNC(C)=O)C(=O)NCC(N)=O.CCC(NC(=O)OCC1c2ccccc2-c2ccccc21)C(=O)O.CNC(=O)CN.[CH2-]CCc1[c-]cccc1.[CH2-]CCc1[c-]cccc1.[Y].[Y]. The van der Waals surface area contributed by atoms with Crippen LogP contribution in [0.2, 0.25) is 0 Å². The number of hydrogen-bond acceptors (Lipinski definition) is 9. The number of nitrogens with two attached hydrogens (primary N) is 2. The van der Waals surface area contributed by atoms with Gasteiger partial charge in [-0.25, -0.2) is 9.59 Å². The summed E-state index contributed by atoms with van der Waals surface area (Å²) >= 11 is 0. The number of likely N-dealkylation sites (N-methyl/N-ethyl adjacent to an activating group) is 1. The second-order valence-electron chi connectivity index (χ2n) is 14.3. The number of amides is 6. The molecule has 0 saturated heterocycles. The maximum atomic E-state index is 11.9. The van der Waals surface area contributed by atoms with Crippen molar-refractivity contribution in [1.82, 2.24) is 26.6 Å². The van der Waals surface area contributed by atoms with E-state index in [0.717, 1.165) is 47.9 Å². The molecule has 0 heterocycles. The summed E-state index contributed by atoms with van der Waals surface area (Å²) in [5.74, 6) is -3.20. The fraction of sp³-hybridized carbons (Fsp3) is 0.377. The van der Waals surface area contributed by atoms with Crippen molar-refractivity contribution in [2.75, 3.05) is 33.3 Å². The number of alkyl carbamates (subject to hydrolysis) is 1. The molecule has 0 fully saturated rings. The number of rotatable bonds is 17. The molecule has 6 amide bonds. The first-order valence-electron chi connectivity index (χ1n) is 21.5. The van der Waals surface area contributed by atoms with Gasteiger partial charge >= 0.3 is 12.1 Å². The van der Waals surface area contributed by atoms with Crippen LogP contribution < -0.4 is 38.1 Å². The summed E-state index contributed by atoms with van der Waals surface area (Å²) in [6, 6.07) is 36.7. The maximum Gasteiger partial charge on any atom is 0.407 e. The van der Waals surface area contributed by atoms with E-state index in [-0.39, 0.29) is 132 Å². The molecule has 2 unspecified atom stereocenters. The van der Waals surface area contributed by atoms with Gasteiger partial charge in [0.2, 0.25) is 29.5 Å². The first kappa shape index (κ1) is 75.1. The van der Waals surface area contributed by atoms with Crippen LogP contribution in [0.3, 0.4) is 0 Å². The van der Waals surface area contributed by atoms with E-state index in [2.05, 4.69) is 76.8 Å². The van der Waals surface area contributed by atoms with E-state index < -0.39 is 41.9 Å². The van der Waals surface area contributed by atoms with Crippen molar-refractivity contribution in [2.24, 2.45) is 11.5 Å².